The Balaban J connectivity index is 1.23. The van der Waals surface area contributed by atoms with Crippen LogP contribution in [0.1, 0.15) is 57.6 Å². The lowest BCUT2D eigenvalue weighted by Gasteiger charge is -2.39. The molecule has 50 heavy (non-hydrogen) atoms. The van der Waals surface area contributed by atoms with E-state index in [4.69, 9.17) is 56.2 Å². The molecule has 0 radical (unpaired) electrons. The Morgan fingerprint density at radius 1 is 1.20 bits per heavy atom. The van der Waals surface area contributed by atoms with Crippen molar-refractivity contribution >= 4 is 71.2 Å². The molecule has 1 saturated carbocycles. The van der Waals surface area contributed by atoms with E-state index in [1.54, 1.807) is 20.0 Å². The summed E-state index contributed by atoms with van der Waals surface area (Å²) in [6.45, 7) is -4.25. The number of fused-ring (bicyclic) bond motifs is 8. The second-order valence-corrected chi connectivity index (χ2v) is 17.9. The fourth-order valence-electron chi connectivity index (χ4n) is 5.81. The molecule has 3 N–H and O–H groups in total. The number of carbonyl (C=O) groups excluding carboxylic acids is 1. The van der Waals surface area contributed by atoms with Crippen LogP contribution >= 0.6 is 13.4 Å². The van der Waals surface area contributed by atoms with Gasteiger partial charge in [-0.05, 0) is 36.5 Å². The zero-order valence-electron chi connectivity index (χ0n) is 26.6. The molecule has 2 unspecified atom stereocenters. The first kappa shape index (κ1) is 35.3. The lowest BCUT2D eigenvalue weighted by molar-refractivity contribution is -0.118. The van der Waals surface area contributed by atoms with Gasteiger partial charge < -0.3 is 36.8 Å². The highest BCUT2D eigenvalue weighted by molar-refractivity contribution is 8.07. The zero-order chi connectivity index (χ0) is 35.2. The van der Waals surface area contributed by atoms with E-state index >= 15 is 0 Å². The molecule has 1 amide bonds. The summed E-state index contributed by atoms with van der Waals surface area (Å²) in [6.07, 6.45) is 2.57. The lowest BCUT2D eigenvalue weighted by Crippen LogP contribution is -2.34. The van der Waals surface area contributed by atoms with E-state index in [1.165, 1.54) is 17.2 Å². The minimum atomic E-state index is -3.98. The van der Waals surface area contributed by atoms with Crippen LogP contribution in [0.25, 0.3) is 22.3 Å². The molecule has 8 rings (SSSR count). The summed E-state index contributed by atoms with van der Waals surface area (Å²) in [5, 5.41) is 11.7. The number of nitrogens with zero attached hydrogens (tertiary/aromatic N) is 8. The molecule has 0 spiro atoms. The average Bonchev–Trinajstić information content (AvgIpc) is 3.75. The quantitative estimate of drug-likeness (QED) is 0.189. The number of hydrogen-bond acceptors (Lipinski definition) is 16. The highest BCUT2D eigenvalue weighted by Crippen LogP contribution is 2.56. The topological polar surface area (TPSA) is 236 Å². The second-order valence-electron chi connectivity index (χ2n) is 12.1. The van der Waals surface area contributed by atoms with Crippen LogP contribution in [0.2, 0.25) is 0 Å². The molecule has 4 aromatic rings. The summed E-state index contributed by atoms with van der Waals surface area (Å²) in [4.78, 5) is 61.0. The van der Waals surface area contributed by atoms with Crippen molar-refractivity contribution in [1.29, 1.82) is 5.26 Å². The van der Waals surface area contributed by atoms with Crippen molar-refractivity contribution in [1.82, 2.24) is 39.0 Å². The molecule has 0 aromatic carbocycles. The van der Waals surface area contributed by atoms with E-state index in [2.05, 4.69) is 35.2 Å². The summed E-state index contributed by atoms with van der Waals surface area (Å²) < 4.78 is 39.9. The number of amides is 1. The maximum atomic E-state index is 12.9. The lowest BCUT2D eigenvalue weighted by atomic mass is 9.89. The highest BCUT2D eigenvalue weighted by atomic mass is 32.5. The first-order valence-electron chi connectivity index (χ1n) is 15.6. The van der Waals surface area contributed by atoms with Crippen molar-refractivity contribution < 1.29 is 37.0 Å². The summed E-state index contributed by atoms with van der Waals surface area (Å²) in [6, 6.07) is 1.93. The minimum absolute atomic E-state index is 0.0127. The van der Waals surface area contributed by atoms with Crippen molar-refractivity contribution in [2.24, 2.45) is 5.92 Å². The number of H-pyrrole nitrogens is 1. The second kappa shape index (κ2) is 14.1. The Bertz CT molecular complexity index is 2130. The average molecular weight is 767 g/mol. The summed E-state index contributed by atoms with van der Waals surface area (Å²) in [5.41, 5.74) is 0.557. The van der Waals surface area contributed by atoms with Gasteiger partial charge in [-0.2, -0.15) is 10.2 Å². The highest BCUT2D eigenvalue weighted by Gasteiger charge is 2.44. The van der Waals surface area contributed by atoms with Gasteiger partial charge in [0.1, 0.15) is 30.4 Å². The van der Waals surface area contributed by atoms with E-state index in [-0.39, 0.29) is 73.7 Å². The van der Waals surface area contributed by atoms with Gasteiger partial charge >= 0.3 is 13.4 Å². The number of carbonyl (C=O) groups is 1. The van der Waals surface area contributed by atoms with Gasteiger partial charge in [-0.15, -0.1) is 0 Å². The maximum Gasteiger partial charge on any atom is 0.327 e. The number of rotatable bonds is 6. The smallest absolute Gasteiger partial charge is 0.327 e. The van der Waals surface area contributed by atoms with Gasteiger partial charge in [0.05, 0.1) is 50.4 Å². The number of ether oxygens (including phenoxy) is 1. The molecule has 266 valence electrons. The monoisotopic (exact) mass is 766 g/mol. The third-order valence-corrected chi connectivity index (χ3v) is 12.2. The van der Waals surface area contributed by atoms with Crippen LogP contribution in [-0.2, 0) is 62.4 Å². The number of nitrogens with one attached hydrogen (secondary N) is 2. The van der Waals surface area contributed by atoms with Gasteiger partial charge in [-0.1, -0.05) is 13.8 Å². The minimum Gasteiger partial charge on any atom is -0.349 e. The molecule has 3 aliphatic heterocycles. The van der Waals surface area contributed by atoms with Crippen LogP contribution in [0.4, 0.5) is 5.95 Å². The van der Waals surface area contributed by atoms with E-state index in [0.29, 0.717) is 29.8 Å². The van der Waals surface area contributed by atoms with Crippen LogP contribution in [-0.4, -0.2) is 81.4 Å². The molecule has 19 nitrogen and oxygen atoms in total. The molecule has 1 aliphatic carbocycles. The number of hydrogen-bond donors (Lipinski definition) is 3. The fraction of sp³-hybridized carbons (Fsp3) is 0.556. The van der Waals surface area contributed by atoms with E-state index in [9.17, 15) is 14.5 Å². The zero-order valence-corrected chi connectivity index (χ0v) is 30.1. The van der Waals surface area contributed by atoms with Gasteiger partial charge in [-0.3, -0.25) is 24.5 Å². The predicted molar refractivity (Wildman–Crippen MR) is 181 cm³/mol. The number of imidazole rings is 2. The van der Waals surface area contributed by atoms with Gasteiger partial charge in [0.25, 0.3) is 5.56 Å². The van der Waals surface area contributed by atoms with Crippen molar-refractivity contribution in [2.45, 2.75) is 76.7 Å². The third-order valence-electron chi connectivity index (χ3n) is 8.27. The number of anilines is 1. The summed E-state index contributed by atoms with van der Waals surface area (Å²) >= 11 is 11.3. The predicted octanol–water partition coefficient (Wildman–Crippen LogP) is 2.87. The molecular weight excluding hydrogens is 734 g/mol. The molecule has 4 bridgehead atoms. The SMILES string of the molecule is CC(C)C(=O)Nc1nc2c(ncn2[C@@H]2O[C@@H]3COP(=S)(OCCC#N)OC4CC(C4)n4c(nc5cncnc54)COP(O)(=S)O[C@@H]2C3)c(=O)[nH]1. The van der Waals surface area contributed by atoms with Crippen molar-refractivity contribution in [2.75, 3.05) is 18.5 Å². The molecule has 5 atom stereocenters. The molecule has 23 heteroatoms. The van der Waals surface area contributed by atoms with Crippen LogP contribution in [0.3, 0.4) is 0 Å². The van der Waals surface area contributed by atoms with Gasteiger partial charge in [-0.25, -0.2) is 19.9 Å². The molecule has 7 heterocycles. The number of aromatic nitrogens is 8. The first-order chi connectivity index (χ1) is 23.9. The Kier molecular flexibility index (Phi) is 9.97. The molecular formula is C27H32N10O9P2S2. The Morgan fingerprint density at radius 3 is 2.80 bits per heavy atom. The molecule has 2 fully saturated rings. The number of aromatic amines is 1. The summed E-state index contributed by atoms with van der Waals surface area (Å²) in [5.74, 6) is -0.374. The Morgan fingerprint density at radius 2 is 2.02 bits per heavy atom. The van der Waals surface area contributed by atoms with Crippen molar-refractivity contribution in [3.8, 4) is 6.07 Å². The van der Waals surface area contributed by atoms with Crippen LogP contribution in [0.5, 0.6) is 0 Å². The van der Waals surface area contributed by atoms with Gasteiger partial charge in [0, 0.05) is 18.4 Å². The van der Waals surface area contributed by atoms with Gasteiger partial charge in [0.15, 0.2) is 23.0 Å². The van der Waals surface area contributed by atoms with E-state index < -0.39 is 37.4 Å². The fourth-order valence-corrected chi connectivity index (χ4v) is 9.34. The van der Waals surface area contributed by atoms with Gasteiger partial charge in [0.2, 0.25) is 11.9 Å². The first-order valence-corrected chi connectivity index (χ1v) is 20.8. The molecule has 4 aromatic heterocycles. The van der Waals surface area contributed by atoms with Crippen molar-refractivity contribution in [3.63, 3.8) is 0 Å². The normalized spacial score (nSPS) is 30.2. The van der Waals surface area contributed by atoms with E-state index in [0.717, 1.165) is 0 Å². The Labute approximate surface area is 294 Å². The third kappa shape index (κ3) is 7.29. The summed E-state index contributed by atoms with van der Waals surface area (Å²) in [7, 11) is 0. The molecule has 4 aliphatic rings. The van der Waals surface area contributed by atoms with Crippen LogP contribution in [0, 0.1) is 17.2 Å². The Hall–Kier alpha value is -3.12. The standard InChI is InChI=1S/C27H32N10O9P2S2/c1-14(2)24(38)34-27-33-23-21(25(39)35-27)31-13-36(23)26-19-8-17(44-26)10-43-48(50,41-5-3-4-28)45-16-6-15(7-16)37-20(11-42-47(40,49)46-19)32-18-9-29-12-30-22(18)37/h9,12-17,19,26H,3,5-8,10-11H2,1-2H3,(H,40,49)(H2,33,34,35,38,39)/t15?,16?,17-,19+,26+,47?,48?/m0/s1. The number of nitriles is 1. The van der Waals surface area contributed by atoms with Crippen LogP contribution < -0.4 is 10.9 Å². The van der Waals surface area contributed by atoms with Crippen molar-refractivity contribution in [3.05, 3.63) is 35.0 Å². The largest absolute Gasteiger partial charge is 0.349 e. The maximum absolute atomic E-state index is 12.9. The molecule has 1 saturated heterocycles. The van der Waals surface area contributed by atoms with Crippen LogP contribution in [0.15, 0.2) is 23.6 Å². The van der Waals surface area contributed by atoms with E-state index in [1.807, 2.05) is 10.6 Å².